The second-order valence-electron chi connectivity index (χ2n) is 7.12. The molecule has 3 aromatic rings. The lowest BCUT2D eigenvalue weighted by atomic mass is 10.2. The quantitative estimate of drug-likeness (QED) is 0.287. The number of nitrogens with zero attached hydrogens (tertiary/aromatic N) is 1. The van der Waals surface area contributed by atoms with Gasteiger partial charge in [0.2, 0.25) is 0 Å². The van der Waals surface area contributed by atoms with Gasteiger partial charge in [0, 0.05) is 0 Å². The number of carbonyl (C=O) groups excluding carboxylic acids is 2. The first-order chi connectivity index (χ1) is 15.8. The van der Waals surface area contributed by atoms with E-state index in [4.69, 9.17) is 27.9 Å². The third-order valence-corrected chi connectivity index (χ3v) is 7.03. The summed E-state index contributed by atoms with van der Waals surface area (Å²) in [6, 6.07) is 16.4. The number of hydrogen-bond donors (Lipinski definition) is 0. The van der Waals surface area contributed by atoms with Gasteiger partial charge in [-0.3, -0.25) is 14.5 Å². The molecule has 0 bridgehead atoms. The molecule has 4 rings (SSSR count). The number of thioether (sulfide) groups is 1. The van der Waals surface area contributed by atoms with Crippen LogP contribution >= 0.6 is 50.9 Å². The van der Waals surface area contributed by atoms with E-state index < -0.39 is 0 Å². The Bertz CT molecular complexity index is 1270. The first kappa shape index (κ1) is 23.8. The Morgan fingerprint density at radius 3 is 2.39 bits per heavy atom. The Labute approximate surface area is 212 Å². The molecular formula is C24H15BrCl2FNO3S. The highest BCUT2D eigenvalue weighted by Gasteiger charge is 2.35. The Morgan fingerprint density at radius 1 is 0.970 bits per heavy atom. The molecule has 1 aliphatic rings. The van der Waals surface area contributed by atoms with Gasteiger partial charge in [-0.2, -0.15) is 0 Å². The standard InChI is InChI=1S/C24H15BrCl2FNO3S/c25-18-9-15(4-8-21(18)32-13-14-1-5-17(28)6-2-14)11-22-23(30)29(24(31)33-22)12-16-3-7-19(26)20(27)10-16/h1-11H,12-13H2/b22-11-. The molecular weight excluding hydrogens is 552 g/mol. The highest BCUT2D eigenvalue weighted by atomic mass is 79.9. The Morgan fingerprint density at radius 2 is 1.70 bits per heavy atom. The Balaban J connectivity index is 1.45. The zero-order chi connectivity index (χ0) is 23.5. The number of benzene rings is 3. The maximum absolute atomic E-state index is 13.0. The summed E-state index contributed by atoms with van der Waals surface area (Å²) in [6.07, 6.45) is 1.66. The summed E-state index contributed by atoms with van der Waals surface area (Å²) in [4.78, 5) is 26.7. The first-order valence-electron chi connectivity index (χ1n) is 9.66. The number of halogens is 4. The van der Waals surface area contributed by atoms with Crippen molar-refractivity contribution in [3.05, 3.63) is 103 Å². The van der Waals surface area contributed by atoms with Crippen molar-refractivity contribution in [2.45, 2.75) is 13.2 Å². The fourth-order valence-corrected chi connectivity index (χ4v) is 4.74. The lowest BCUT2D eigenvalue weighted by molar-refractivity contribution is -0.123. The molecule has 9 heteroatoms. The minimum absolute atomic E-state index is 0.110. The second-order valence-corrected chi connectivity index (χ2v) is 9.78. The van der Waals surface area contributed by atoms with E-state index in [1.165, 1.54) is 17.0 Å². The number of amides is 2. The summed E-state index contributed by atoms with van der Waals surface area (Å²) in [7, 11) is 0. The van der Waals surface area contributed by atoms with Crippen molar-refractivity contribution in [1.29, 1.82) is 0 Å². The van der Waals surface area contributed by atoms with Crippen molar-refractivity contribution in [3.8, 4) is 5.75 Å². The van der Waals surface area contributed by atoms with Crippen LogP contribution < -0.4 is 4.74 Å². The van der Waals surface area contributed by atoms with Crippen molar-refractivity contribution in [1.82, 2.24) is 4.90 Å². The van der Waals surface area contributed by atoms with E-state index in [2.05, 4.69) is 15.9 Å². The molecule has 0 N–H and O–H groups in total. The van der Waals surface area contributed by atoms with Crippen LogP contribution in [0.5, 0.6) is 5.75 Å². The van der Waals surface area contributed by atoms with Gasteiger partial charge in [-0.05, 0) is 86.9 Å². The van der Waals surface area contributed by atoms with Crippen LogP contribution in [-0.4, -0.2) is 16.0 Å². The molecule has 0 atom stereocenters. The zero-order valence-corrected chi connectivity index (χ0v) is 20.8. The van der Waals surface area contributed by atoms with Gasteiger partial charge in [0.25, 0.3) is 11.1 Å². The van der Waals surface area contributed by atoms with Crippen LogP contribution in [0.2, 0.25) is 10.0 Å². The summed E-state index contributed by atoms with van der Waals surface area (Å²) in [5.41, 5.74) is 2.28. The molecule has 0 aromatic heterocycles. The van der Waals surface area contributed by atoms with Crippen molar-refractivity contribution < 1.29 is 18.7 Å². The van der Waals surface area contributed by atoms with Gasteiger partial charge in [0.1, 0.15) is 18.2 Å². The number of imide groups is 1. The van der Waals surface area contributed by atoms with E-state index in [-0.39, 0.29) is 30.1 Å². The summed E-state index contributed by atoms with van der Waals surface area (Å²) in [6.45, 7) is 0.393. The lowest BCUT2D eigenvalue weighted by Gasteiger charge is -2.13. The van der Waals surface area contributed by atoms with Crippen molar-refractivity contribution in [3.63, 3.8) is 0 Å². The van der Waals surface area contributed by atoms with Crippen LogP contribution in [0.3, 0.4) is 0 Å². The molecule has 168 valence electrons. The summed E-state index contributed by atoms with van der Waals surface area (Å²) in [5, 5.41) is 0.420. The molecule has 0 spiro atoms. The Hall–Kier alpha value is -2.32. The van der Waals surface area contributed by atoms with E-state index in [9.17, 15) is 14.0 Å². The van der Waals surface area contributed by atoms with E-state index >= 15 is 0 Å². The van der Waals surface area contributed by atoms with Crippen LogP contribution in [0.4, 0.5) is 9.18 Å². The molecule has 0 radical (unpaired) electrons. The van der Waals surface area contributed by atoms with E-state index in [0.717, 1.165) is 22.9 Å². The molecule has 1 fully saturated rings. The topological polar surface area (TPSA) is 46.6 Å². The summed E-state index contributed by atoms with van der Waals surface area (Å²) in [5.74, 6) is -0.0707. The van der Waals surface area contributed by atoms with Crippen LogP contribution in [0.25, 0.3) is 6.08 Å². The highest BCUT2D eigenvalue weighted by molar-refractivity contribution is 9.10. The molecule has 1 saturated heterocycles. The number of ether oxygens (including phenoxy) is 1. The molecule has 1 aliphatic heterocycles. The molecule has 33 heavy (non-hydrogen) atoms. The van der Waals surface area contributed by atoms with E-state index in [1.807, 2.05) is 0 Å². The summed E-state index contributed by atoms with van der Waals surface area (Å²) >= 11 is 16.3. The Kier molecular flexibility index (Phi) is 7.44. The van der Waals surface area contributed by atoms with Crippen LogP contribution in [0.15, 0.2) is 70.0 Å². The van der Waals surface area contributed by atoms with Crippen molar-refractivity contribution >= 4 is 68.1 Å². The number of rotatable bonds is 6. The lowest BCUT2D eigenvalue weighted by Crippen LogP contribution is -2.27. The van der Waals surface area contributed by atoms with Crippen LogP contribution in [0.1, 0.15) is 16.7 Å². The number of hydrogen-bond acceptors (Lipinski definition) is 4. The van der Waals surface area contributed by atoms with Gasteiger partial charge in [-0.15, -0.1) is 0 Å². The van der Waals surface area contributed by atoms with Gasteiger partial charge >= 0.3 is 0 Å². The smallest absolute Gasteiger partial charge is 0.293 e. The van der Waals surface area contributed by atoms with Crippen LogP contribution in [0, 0.1) is 5.82 Å². The highest BCUT2D eigenvalue weighted by Crippen LogP contribution is 2.35. The molecule has 2 amide bonds. The minimum atomic E-state index is -0.371. The van der Waals surface area contributed by atoms with Gasteiger partial charge in [0.15, 0.2) is 0 Å². The molecule has 0 unspecified atom stereocenters. The van der Waals surface area contributed by atoms with Crippen molar-refractivity contribution in [2.24, 2.45) is 0 Å². The fraction of sp³-hybridized carbons (Fsp3) is 0.0833. The van der Waals surface area contributed by atoms with Gasteiger partial charge < -0.3 is 4.74 Å². The second kappa shape index (κ2) is 10.3. The molecule has 3 aromatic carbocycles. The minimum Gasteiger partial charge on any atom is -0.488 e. The van der Waals surface area contributed by atoms with Gasteiger partial charge in [-0.1, -0.05) is 47.5 Å². The third kappa shape index (κ3) is 5.79. The number of carbonyl (C=O) groups is 2. The zero-order valence-electron chi connectivity index (χ0n) is 16.9. The van der Waals surface area contributed by atoms with E-state index in [0.29, 0.717) is 30.7 Å². The average Bonchev–Trinajstić information content (AvgIpc) is 3.04. The molecule has 0 saturated carbocycles. The van der Waals surface area contributed by atoms with Crippen molar-refractivity contribution in [2.75, 3.05) is 0 Å². The maximum atomic E-state index is 13.0. The predicted molar refractivity (Wildman–Crippen MR) is 133 cm³/mol. The van der Waals surface area contributed by atoms with Crippen LogP contribution in [-0.2, 0) is 17.9 Å². The predicted octanol–water partition coefficient (Wildman–Crippen LogP) is 7.71. The SMILES string of the molecule is O=C1S/C(=C\c2ccc(OCc3ccc(F)cc3)c(Br)c2)C(=O)N1Cc1ccc(Cl)c(Cl)c1. The van der Waals surface area contributed by atoms with Gasteiger partial charge in [-0.25, -0.2) is 4.39 Å². The molecule has 4 nitrogen and oxygen atoms in total. The monoisotopic (exact) mass is 565 g/mol. The summed E-state index contributed by atoms with van der Waals surface area (Å²) < 4.78 is 19.5. The van der Waals surface area contributed by atoms with E-state index in [1.54, 1.807) is 54.6 Å². The molecule has 1 heterocycles. The normalized spacial score (nSPS) is 14.9. The molecule has 0 aliphatic carbocycles. The largest absolute Gasteiger partial charge is 0.488 e. The average molecular weight is 567 g/mol. The maximum Gasteiger partial charge on any atom is 0.293 e. The van der Waals surface area contributed by atoms with Gasteiger partial charge in [0.05, 0.1) is 26.0 Å². The first-order valence-corrected chi connectivity index (χ1v) is 12.0. The fourth-order valence-electron chi connectivity index (χ4n) is 3.07. The third-order valence-electron chi connectivity index (χ3n) is 4.76.